The Kier molecular flexibility index (Phi) is 6.23. The summed E-state index contributed by atoms with van der Waals surface area (Å²) in [6.45, 7) is 6.60. The van der Waals surface area contributed by atoms with Crippen molar-refractivity contribution < 1.29 is 19.1 Å². The molecule has 0 N–H and O–H groups in total. The van der Waals surface area contributed by atoms with Crippen molar-refractivity contribution >= 4 is 11.9 Å². The quantitative estimate of drug-likeness (QED) is 0.413. The normalized spacial score (nSPS) is 19.1. The van der Waals surface area contributed by atoms with Gasteiger partial charge in [-0.05, 0) is 0 Å². The molecule has 4 nitrogen and oxygen atoms in total. The zero-order chi connectivity index (χ0) is 10.1. The molecule has 1 aliphatic rings. The third-order valence-corrected chi connectivity index (χ3v) is 1.13. The highest BCUT2D eigenvalue weighted by atomic mass is 16.5. The van der Waals surface area contributed by atoms with E-state index >= 15 is 0 Å². The van der Waals surface area contributed by atoms with Crippen LogP contribution >= 0.6 is 0 Å². The van der Waals surface area contributed by atoms with E-state index in [-0.39, 0.29) is 0 Å². The van der Waals surface area contributed by atoms with Crippen LogP contribution in [0.1, 0.15) is 6.42 Å². The topological polar surface area (TPSA) is 52.6 Å². The molecule has 0 aromatic carbocycles. The third-order valence-electron chi connectivity index (χ3n) is 1.13. The molecule has 0 radical (unpaired) electrons. The van der Waals surface area contributed by atoms with Gasteiger partial charge < -0.3 is 9.47 Å². The molecule has 4 heteroatoms. The van der Waals surface area contributed by atoms with E-state index in [1.54, 1.807) is 0 Å². The van der Waals surface area contributed by atoms with E-state index in [1.807, 2.05) is 0 Å². The van der Waals surface area contributed by atoms with Crippen LogP contribution < -0.4 is 0 Å². The van der Waals surface area contributed by atoms with Crippen molar-refractivity contribution in [1.82, 2.24) is 0 Å². The summed E-state index contributed by atoms with van der Waals surface area (Å²) in [7, 11) is 0. The molecule has 0 aromatic rings. The van der Waals surface area contributed by atoms with Gasteiger partial charge in [-0.1, -0.05) is 0 Å². The van der Waals surface area contributed by atoms with Crippen molar-refractivity contribution in [3.8, 4) is 0 Å². The number of hydrogen-bond donors (Lipinski definition) is 0. The number of ether oxygens (including phenoxy) is 2. The number of cyclic esters (lactones) is 2. The van der Waals surface area contributed by atoms with Crippen LogP contribution in [0.5, 0.6) is 0 Å². The van der Waals surface area contributed by atoms with Gasteiger partial charge in [0.05, 0.1) is 13.2 Å². The number of hydrogen-bond acceptors (Lipinski definition) is 4. The Morgan fingerprint density at radius 2 is 1.38 bits per heavy atom. The average Bonchev–Trinajstić information content (AvgIpc) is 2.24. The molecule has 0 saturated heterocycles. The van der Waals surface area contributed by atoms with Crippen molar-refractivity contribution in [2.75, 3.05) is 13.2 Å². The number of carbonyl (C=O) groups is 2. The molecule has 1 heterocycles. The van der Waals surface area contributed by atoms with E-state index in [0.717, 1.165) is 12.2 Å². The van der Waals surface area contributed by atoms with Crippen molar-refractivity contribution in [2.24, 2.45) is 0 Å². The molecule has 0 atom stereocenters. The Balaban J connectivity index is 0.000000671. The molecule has 0 spiro atoms. The summed E-state index contributed by atoms with van der Waals surface area (Å²) >= 11 is 0. The second kappa shape index (κ2) is 7.09. The Labute approximate surface area is 76.8 Å². The van der Waals surface area contributed by atoms with Gasteiger partial charge in [0.2, 0.25) is 0 Å². The minimum atomic E-state index is -0.496. The van der Waals surface area contributed by atoms with E-state index in [2.05, 4.69) is 22.6 Å². The summed E-state index contributed by atoms with van der Waals surface area (Å²) in [5.74, 6) is -0.993. The van der Waals surface area contributed by atoms with Crippen LogP contribution in [0.3, 0.4) is 0 Å². The van der Waals surface area contributed by atoms with Gasteiger partial charge in [-0.2, -0.15) is 0 Å². The first-order valence-electron chi connectivity index (χ1n) is 3.80. The van der Waals surface area contributed by atoms with Gasteiger partial charge in [0.15, 0.2) is 0 Å². The summed E-state index contributed by atoms with van der Waals surface area (Å²) in [5.41, 5.74) is 0. The summed E-state index contributed by atoms with van der Waals surface area (Å²) in [6, 6.07) is 0. The first-order chi connectivity index (χ1) is 6.29. The molecular weight excluding hydrogens is 172 g/mol. The maximum absolute atomic E-state index is 10.6. The Bertz CT molecular complexity index is 188. The lowest BCUT2D eigenvalue weighted by Gasteiger charge is -1.99. The van der Waals surface area contributed by atoms with E-state index in [0.29, 0.717) is 19.6 Å². The lowest BCUT2D eigenvalue weighted by molar-refractivity contribution is -0.138. The highest BCUT2D eigenvalue weighted by molar-refractivity contribution is 5.91. The summed E-state index contributed by atoms with van der Waals surface area (Å²) in [4.78, 5) is 21.2. The molecule has 0 amide bonds. The van der Waals surface area contributed by atoms with Crippen LogP contribution in [0, 0.1) is 0 Å². The van der Waals surface area contributed by atoms with E-state index < -0.39 is 11.9 Å². The zero-order valence-electron chi connectivity index (χ0n) is 7.32. The summed E-state index contributed by atoms with van der Waals surface area (Å²) in [5, 5.41) is 0. The van der Waals surface area contributed by atoms with Gasteiger partial charge in [-0.25, -0.2) is 9.59 Å². The summed E-state index contributed by atoms with van der Waals surface area (Å²) in [6.07, 6.45) is 2.68. The van der Waals surface area contributed by atoms with Crippen LogP contribution in [0.4, 0.5) is 0 Å². The van der Waals surface area contributed by atoms with Crippen molar-refractivity contribution in [1.29, 1.82) is 0 Å². The van der Waals surface area contributed by atoms with E-state index in [9.17, 15) is 9.59 Å². The maximum Gasteiger partial charge on any atom is 0.331 e. The van der Waals surface area contributed by atoms with Crippen LogP contribution in [0.15, 0.2) is 25.3 Å². The fourth-order valence-electron chi connectivity index (χ4n) is 0.637. The first-order valence-corrected chi connectivity index (χ1v) is 3.80. The lowest BCUT2D eigenvalue weighted by Crippen LogP contribution is -2.03. The summed E-state index contributed by atoms with van der Waals surface area (Å²) < 4.78 is 9.31. The van der Waals surface area contributed by atoms with Crippen molar-refractivity contribution in [2.45, 2.75) is 6.42 Å². The largest absolute Gasteiger partial charge is 0.462 e. The molecule has 13 heavy (non-hydrogen) atoms. The highest BCUT2D eigenvalue weighted by Gasteiger charge is 2.03. The first kappa shape index (κ1) is 11.4. The Hall–Kier alpha value is -1.58. The fourth-order valence-corrected chi connectivity index (χ4v) is 0.637. The lowest BCUT2D eigenvalue weighted by atomic mass is 10.5. The second-order valence-electron chi connectivity index (χ2n) is 2.02. The highest BCUT2D eigenvalue weighted by Crippen LogP contribution is 1.93. The minimum absolute atomic E-state index is 0.302. The van der Waals surface area contributed by atoms with Crippen molar-refractivity contribution in [3.05, 3.63) is 25.3 Å². The van der Waals surface area contributed by atoms with Gasteiger partial charge in [-0.3, -0.25) is 0 Å². The molecule has 72 valence electrons. The van der Waals surface area contributed by atoms with Crippen LogP contribution in [-0.2, 0) is 19.1 Å². The number of rotatable bonds is 0. The molecule has 0 aromatic heterocycles. The Morgan fingerprint density at radius 1 is 1.00 bits per heavy atom. The standard InChI is InChI=1S/C7H8O4.C2H4/c8-6-2-3-7(9)11-5-1-4-10-6;1-2/h2-3H,1,4-5H2;1-2H2/b3-2+;. The maximum atomic E-state index is 10.6. The van der Waals surface area contributed by atoms with E-state index in [1.165, 1.54) is 0 Å². The van der Waals surface area contributed by atoms with Gasteiger partial charge in [0.25, 0.3) is 0 Å². The molecule has 1 rings (SSSR count). The molecule has 0 bridgehead atoms. The SMILES string of the molecule is C=C.O=C1/C=C/C(=O)OCCCO1. The molecule has 0 unspecified atom stereocenters. The predicted molar refractivity (Wildman–Crippen MR) is 46.9 cm³/mol. The molecule has 0 saturated carbocycles. The van der Waals surface area contributed by atoms with Crippen molar-refractivity contribution in [3.63, 3.8) is 0 Å². The monoisotopic (exact) mass is 184 g/mol. The van der Waals surface area contributed by atoms with Gasteiger partial charge in [0, 0.05) is 18.6 Å². The molecular formula is C9H12O4. The molecule has 1 aliphatic heterocycles. The van der Waals surface area contributed by atoms with E-state index in [4.69, 9.17) is 0 Å². The third kappa shape index (κ3) is 5.66. The molecule has 0 fully saturated rings. The number of esters is 2. The zero-order valence-corrected chi connectivity index (χ0v) is 7.32. The van der Waals surface area contributed by atoms with Crippen LogP contribution in [-0.4, -0.2) is 25.2 Å². The smallest absolute Gasteiger partial charge is 0.331 e. The number of carbonyl (C=O) groups excluding carboxylic acids is 2. The fraction of sp³-hybridized carbons (Fsp3) is 0.333. The van der Waals surface area contributed by atoms with Gasteiger partial charge in [-0.15, -0.1) is 13.2 Å². The average molecular weight is 184 g/mol. The van der Waals surface area contributed by atoms with Crippen LogP contribution in [0.25, 0.3) is 0 Å². The Morgan fingerprint density at radius 3 is 1.77 bits per heavy atom. The molecule has 0 aliphatic carbocycles. The van der Waals surface area contributed by atoms with Crippen LogP contribution in [0.2, 0.25) is 0 Å². The van der Waals surface area contributed by atoms with Gasteiger partial charge in [0.1, 0.15) is 0 Å². The predicted octanol–water partition coefficient (Wildman–Crippen LogP) is 0.835. The van der Waals surface area contributed by atoms with Gasteiger partial charge >= 0.3 is 11.9 Å². The second-order valence-corrected chi connectivity index (χ2v) is 2.02. The minimum Gasteiger partial charge on any atom is -0.462 e.